The number of benzene rings is 1. The molecule has 0 atom stereocenters. The van der Waals surface area contributed by atoms with Gasteiger partial charge in [-0.3, -0.25) is 0 Å². The van der Waals surface area contributed by atoms with E-state index < -0.39 is 0 Å². The molecule has 0 saturated heterocycles. The molecule has 0 radical (unpaired) electrons. The van der Waals surface area contributed by atoms with E-state index in [9.17, 15) is 0 Å². The Hall–Kier alpha value is -2.30. The number of nitrogens with one attached hydrogen (secondary N) is 1. The fourth-order valence-electron chi connectivity index (χ4n) is 1.59. The van der Waals surface area contributed by atoms with Crippen LogP contribution in [-0.4, -0.2) is 4.57 Å². The van der Waals surface area contributed by atoms with Gasteiger partial charge in [-0.05, 0) is 24.3 Å². The summed E-state index contributed by atoms with van der Waals surface area (Å²) in [6.45, 7) is 0. The van der Waals surface area contributed by atoms with E-state index in [4.69, 9.17) is 17.2 Å². The van der Waals surface area contributed by atoms with Crippen LogP contribution in [-0.2, 0) is 7.05 Å². The van der Waals surface area contributed by atoms with Gasteiger partial charge >= 0.3 is 0 Å². The van der Waals surface area contributed by atoms with Crippen LogP contribution in [0.15, 0.2) is 42.1 Å². The monoisotopic (exact) mass is 217 g/mol. The van der Waals surface area contributed by atoms with Crippen molar-refractivity contribution in [1.82, 2.24) is 4.57 Å². The molecule has 0 unspecified atom stereocenters. The first-order valence-corrected chi connectivity index (χ1v) is 4.91. The lowest BCUT2D eigenvalue weighted by Crippen LogP contribution is -2.22. The van der Waals surface area contributed by atoms with E-state index in [1.807, 2.05) is 37.5 Å². The predicted molar refractivity (Wildman–Crippen MR) is 66.1 cm³/mol. The van der Waals surface area contributed by atoms with Crippen LogP contribution in [0.5, 0.6) is 0 Å². The van der Waals surface area contributed by atoms with Crippen molar-refractivity contribution < 1.29 is 0 Å². The smallest absolute Gasteiger partial charge is 0.141 e. The van der Waals surface area contributed by atoms with Crippen molar-refractivity contribution in [2.24, 2.45) is 24.2 Å². The molecule has 5 heteroatoms. The van der Waals surface area contributed by atoms with Crippen molar-refractivity contribution in [3.63, 3.8) is 0 Å². The number of nitrogens with zero attached hydrogens (tertiary/aromatic N) is 1. The highest BCUT2D eigenvalue weighted by molar-refractivity contribution is 5.84. The fourth-order valence-corrected chi connectivity index (χ4v) is 1.59. The molecule has 0 aliphatic rings. The summed E-state index contributed by atoms with van der Waals surface area (Å²) in [6.07, 6.45) is 2.00. The molecule has 0 saturated carbocycles. The number of hydrogen-bond acceptors (Lipinski definition) is 4. The molecule has 16 heavy (non-hydrogen) atoms. The molecule has 1 heterocycles. The summed E-state index contributed by atoms with van der Waals surface area (Å²) in [6, 6.07) is 7.97. The average molecular weight is 217 g/mol. The zero-order chi connectivity index (χ0) is 11.7. The number of fused-ring (bicyclic) bond motifs is 1. The summed E-state index contributed by atoms with van der Waals surface area (Å²) in [4.78, 5) is 0. The highest BCUT2D eigenvalue weighted by atomic mass is 15.0. The summed E-state index contributed by atoms with van der Waals surface area (Å²) in [5, 5.41) is 4.08. The Morgan fingerprint density at radius 1 is 1.19 bits per heavy atom. The number of aromatic nitrogens is 1. The zero-order valence-electron chi connectivity index (χ0n) is 9.07. The van der Waals surface area contributed by atoms with Gasteiger partial charge in [0.2, 0.25) is 0 Å². The Bertz CT molecular complexity index is 549. The SMILES string of the molecule is Cn1ccc2cc(NC(N)=C(N)N)ccc21. The van der Waals surface area contributed by atoms with Gasteiger partial charge in [-0.1, -0.05) is 0 Å². The van der Waals surface area contributed by atoms with Gasteiger partial charge in [-0.15, -0.1) is 0 Å². The average Bonchev–Trinajstić information content (AvgIpc) is 2.60. The molecule has 7 N–H and O–H groups in total. The number of anilines is 1. The molecule has 1 aromatic carbocycles. The molecule has 0 fully saturated rings. The second kappa shape index (κ2) is 3.69. The second-order valence-electron chi connectivity index (χ2n) is 3.69. The third-order valence-electron chi connectivity index (χ3n) is 2.48. The van der Waals surface area contributed by atoms with Crippen molar-refractivity contribution in [3.8, 4) is 0 Å². The Morgan fingerprint density at radius 3 is 2.62 bits per heavy atom. The van der Waals surface area contributed by atoms with Crippen LogP contribution < -0.4 is 22.5 Å². The largest absolute Gasteiger partial charge is 0.383 e. The van der Waals surface area contributed by atoms with Gasteiger partial charge in [-0.25, -0.2) is 0 Å². The standard InChI is InChI=1S/C11H15N5/c1-16-5-4-7-6-8(2-3-9(7)16)15-11(14)10(12)13/h2-6,15H,12-14H2,1H3. The normalized spacial score (nSPS) is 10.3. The Balaban J connectivity index is 2.37. The lowest BCUT2D eigenvalue weighted by molar-refractivity contribution is 0.969. The summed E-state index contributed by atoms with van der Waals surface area (Å²) in [5.74, 6) is 0.364. The van der Waals surface area contributed by atoms with Crippen LogP contribution in [0.2, 0.25) is 0 Å². The van der Waals surface area contributed by atoms with Crippen LogP contribution in [0.1, 0.15) is 0 Å². The maximum Gasteiger partial charge on any atom is 0.141 e. The van der Waals surface area contributed by atoms with Gasteiger partial charge < -0.3 is 27.1 Å². The fraction of sp³-hybridized carbons (Fsp3) is 0.0909. The molecular weight excluding hydrogens is 202 g/mol. The second-order valence-corrected chi connectivity index (χ2v) is 3.69. The summed E-state index contributed by atoms with van der Waals surface area (Å²) < 4.78 is 2.05. The van der Waals surface area contributed by atoms with E-state index in [0.29, 0.717) is 0 Å². The molecule has 1 aromatic heterocycles. The van der Waals surface area contributed by atoms with Gasteiger partial charge in [0.1, 0.15) is 11.6 Å². The predicted octanol–water partition coefficient (Wildman–Crippen LogP) is 0.593. The van der Waals surface area contributed by atoms with Crippen molar-refractivity contribution in [3.05, 3.63) is 42.1 Å². The number of nitrogens with two attached hydrogens (primary N) is 3. The number of rotatable bonds is 2. The van der Waals surface area contributed by atoms with E-state index >= 15 is 0 Å². The lowest BCUT2D eigenvalue weighted by Gasteiger charge is -2.08. The molecule has 84 valence electrons. The van der Waals surface area contributed by atoms with Crippen molar-refractivity contribution in [2.75, 3.05) is 5.32 Å². The Labute approximate surface area is 93.5 Å². The zero-order valence-corrected chi connectivity index (χ0v) is 9.07. The van der Waals surface area contributed by atoms with E-state index in [-0.39, 0.29) is 11.6 Å². The van der Waals surface area contributed by atoms with Crippen molar-refractivity contribution >= 4 is 16.6 Å². The molecule has 0 spiro atoms. The molecular formula is C11H15N5. The summed E-state index contributed by atoms with van der Waals surface area (Å²) in [7, 11) is 2.00. The summed E-state index contributed by atoms with van der Waals surface area (Å²) >= 11 is 0. The van der Waals surface area contributed by atoms with Gasteiger partial charge in [-0.2, -0.15) is 0 Å². The van der Waals surface area contributed by atoms with E-state index in [0.717, 1.165) is 16.6 Å². The van der Waals surface area contributed by atoms with Crippen molar-refractivity contribution in [2.45, 2.75) is 0 Å². The molecule has 2 rings (SSSR count). The minimum atomic E-state index is 0.0909. The topological polar surface area (TPSA) is 95.0 Å². The first-order valence-electron chi connectivity index (χ1n) is 4.91. The first-order chi connectivity index (χ1) is 7.58. The molecule has 5 nitrogen and oxygen atoms in total. The molecule has 0 amide bonds. The Kier molecular flexibility index (Phi) is 2.36. The summed E-state index contributed by atoms with van der Waals surface area (Å²) in [5.41, 5.74) is 18.4. The van der Waals surface area contributed by atoms with Gasteiger partial charge in [0.05, 0.1) is 0 Å². The maximum absolute atomic E-state index is 5.61. The third kappa shape index (κ3) is 1.75. The van der Waals surface area contributed by atoms with Crippen LogP contribution in [0.3, 0.4) is 0 Å². The lowest BCUT2D eigenvalue weighted by atomic mass is 10.2. The van der Waals surface area contributed by atoms with Crippen molar-refractivity contribution in [1.29, 1.82) is 0 Å². The quantitative estimate of drug-likeness (QED) is 0.592. The molecule has 0 bridgehead atoms. The van der Waals surface area contributed by atoms with E-state index in [2.05, 4.69) is 9.88 Å². The highest BCUT2D eigenvalue weighted by Gasteiger charge is 2.01. The van der Waals surface area contributed by atoms with Gasteiger partial charge in [0.15, 0.2) is 0 Å². The van der Waals surface area contributed by atoms with Crippen LogP contribution in [0, 0.1) is 0 Å². The minimum absolute atomic E-state index is 0.0909. The third-order valence-corrected chi connectivity index (χ3v) is 2.48. The van der Waals surface area contributed by atoms with Gasteiger partial charge in [0.25, 0.3) is 0 Å². The number of aryl methyl sites for hydroxylation is 1. The van der Waals surface area contributed by atoms with Crippen LogP contribution in [0.4, 0.5) is 5.69 Å². The molecule has 0 aliphatic carbocycles. The van der Waals surface area contributed by atoms with Gasteiger partial charge in [0, 0.05) is 29.8 Å². The van der Waals surface area contributed by atoms with E-state index in [1.165, 1.54) is 0 Å². The highest BCUT2D eigenvalue weighted by Crippen LogP contribution is 2.20. The Morgan fingerprint density at radius 2 is 1.94 bits per heavy atom. The molecule has 0 aliphatic heterocycles. The number of hydrogen-bond donors (Lipinski definition) is 4. The first kappa shape index (κ1) is 10.2. The molecule has 2 aromatic rings. The van der Waals surface area contributed by atoms with E-state index in [1.54, 1.807) is 0 Å². The minimum Gasteiger partial charge on any atom is -0.383 e. The maximum atomic E-state index is 5.61. The van der Waals surface area contributed by atoms with Crippen LogP contribution >= 0.6 is 0 Å². The van der Waals surface area contributed by atoms with Crippen LogP contribution in [0.25, 0.3) is 10.9 Å².